The third-order valence-electron chi connectivity index (χ3n) is 4.06. The van der Waals surface area contributed by atoms with E-state index in [-0.39, 0.29) is 11.3 Å². The molecule has 0 aliphatic carbocycles. The van der Waals surface area contributed by atoms with Gasteiger partial charge in [0.05, 0.1) is 5.69 Å². The van der Waals surface area contributed by atoms with E-state index >= 15 is 0 Å². The Morgan fingerprint density at radius 2 is 1.86 bits per heavy atom. The van der Waals surface area contributed by atoms with Crippen molar-refractivity contribution in [1.82, 2.24) is 19.7 Å². The Morgan fingerprint density at radius 1 is 1.10 bits per heavy atom. The molecule has 0 aliphatic rings. The lowest BCUT2D eigenvalue weighted by atomic mass is 10.1. The monoisotopic (exact) mass is 415 g/mol. The summed E-state index contributed by atoms with van der Waals surface area (Å²) in [6.07, 6.45) is 3.32. The molecule has 29 heavy (non-hydrogen) atoms. The van der Waals surface area contributed by atoms with E-state index in [0.29, 0.717) is 22.0 Å². The summed E-state index contributed by atoms with van der Waals surface area (Å²) in [6, 6.07) is 5.69. The molecule has 0 aliphatic heterocycles. The Morgan fingerprint density at radius 3 is 2.52 bits per heavy atom. The molecule has 0 spiro atoms. The number of nitrogens with zero attached hydrogens (tertiary/aromatic N) is 4. The van der Waals surface area contributed by atoms with Crippen LogP contribution in [0.4, 0.5) is 18.9 Å². The maximum atomic E-state index is 14.7. The number of hydrogen-bond donors (Lipinski definition) is 1. The van der Waals surface area contributed by atoms with Gasteiger partial charge in [-0.2, -0.15) is 18.9 Å². The van der Waals surface area contributed by atoms with E-state index in [4.69, 9.17) is 0 Å². The number of rotatable bonds is 4. The summed E-state index contributed by atoms with van der Waals surface area (Å²) in [5, 5.41) is 9.22. The minimum atomic E-state index is -1.12. The Labute approximate surface area is 166 Å². The van der Waals surface area contributed by atoms with Gasteiger partial charge in [0.25, 0.3) is 5.91 Å². The third-order valence-corrected chi connectivity index (χ3v) is 4.82. The highest BCUT2D eigenvalue weighted by Gasteiger charge is 2.16. The van der Waals surface area contributed by atoms with Crippen molar-refractivity contribution >= 4 is 22.9 Å². The van der Waals surface area contributed by atoms with Gasteiger partial charge < -0.3 is 5.32 Å². The summed E-state index contributed by atoms with van der Waals surface area (Å²) in [4.78, 5) is 19.3. The number of amides is 1. The summed E-state index contributed by atoms with van der Waals surface area (Å²) in [6.45, 7) is 1.75. The van der Waals surface area contributed by atoms with Crippen molar-refractivity contribution in [2.24, 2.45) is 0 Å². The summed E-state index contributed by atoms with van der Waals surface area (Å²) < 4.78 is 42.6. The number of nitrogens with one attached hydrogen (secondary N) is 1. The topological polar surface area (TPSA) is 72.7 Å². The highest BCUT2D eigenvalue weighted by atomic mass is 32.1. The van der Waals surface area contributed by atoms with Crippen LogP contribution >= 0.6 is 11.3 Å². The maximum absolute atomic E-state index is 14.7. The molecular weight excluding hydrogens is 403 g/mol. The number of thiazole rings is 1. The SMILES string of the molecule is Cc1nn(-c2nccs2)cc1-c1ccc(NC(=O)c2cc(F)nc(F)c2)cc1F. The first-order chi connectivity index (χ1) is 13.9. The molecule has 0 unspecified atom stereocenters. The summed E-state index contributed by atoms with van der Waals surface area (Å²) in [5.41, 5.74) is 1.36. The van der Waals surface area contributed by atoms with Gasteiger partial charge in [0, 0.05) is 52.3 Å². The van der Waals surface area contributed by atoms with Crippen molar-refractivity contribution in [3.05, 3.63) is 77.1 Å². The molecule has 0 atom stereocenters. The van der Waals surface area contributed by atoms with Crippen LogP contribution in [0.15, 0.2) is 48.1 Å². The molecule has 1 amide bonds. The molecule has 3 heterocycles. The van der Waals surface area contributed by atoms with Crippen LogP contribution in [0.2, 0.25) is 0 Å². The zero-order chi connectivity index (χ0) is 20.5. The normalized spacial score (nSPS) is 10.9. The molecule has 0 bridgehead atoms. The van der Waals surface area contributed by atoms with E-state index in [1.807, 2.05) is 5.38 Å². The van der Waals surface area contributed by atoms with Crippen molar-refractivity contribution in [3.63, 3.8) is 0 Å². The lowest BCUT2D eigenvalue weighted by Gasteiger charge is -2.08. The molecule has 10 heteroatoms. The Balaban J connectivity index is 1.59. The molecule has 146 valence electrons. The minimum Gasteiger partial charge on any atom is -0.322 e. The van der Waals surface area contributed by atoms with Crippen LogP contribution in [0.25, 0.3) is 16.3 Å². The van der Waals surface area contributed by atoms with Gasteiger partial charge in [0.15, 0.2) is 0 Å². The first-order valence-corrected chi connectivity index (χ1v) is 9.19. The van der Waals surface area contributed by atoms with Gasteiger partial charge in [-0.15, -0.1) is 11.3 Å². The number of carbonyl (C=O) groups excluding carboxylic acids is 1. The molecule has 0 saturated heterocycles. The number of anilines is 1. The van der Waals surface area contributed by atoms with Crippen LogP contribution in [-0.4, -0.2) is 25.7 Å². The lowest BCUT2D eigenvalue weighted by Crippen LogP contribution is -2.13. The highest BCUT2D eigenvalue weighted by Crippen LogP contribution is 2.29. The fourth-order valence-electron chi connectivity index (χ4n) is 2.76. The van der Waals surface area contributed by atoms with Crippen LogP contribution in [0.5, 0.6) is 0 Å². The van der Waals surface area contributed by atoms with Gasteiger partial charge in [-0.25, -0.2) is 14.1 Å². The van der Waals surface area contributed by atoms with Gasteiger partial charge in [-0.1, -0.05) is 0 Å². The van der Waals surface area contributed by atoms with Crippen LogP contribution in [-0.2, 0) is 0 Å². The van der Waals surface area contributed by atoms with E-state index in [1.54, 1.807) is 24.0 Å². The number of aryl methyl sites for hydroxylation is 1. The van der Waals surface area contributed by atoms with E-state index in [9.17, 15) is 18.0 Å². The first kappa shape index (κ1) is 18.8. The zero-order valence-electron chi connectivity index (χ0n) is 14.9. The Bertz CT molecular complexity index is 1190. The molecule has 0 radical (unpaired) electrons. The predicted molar refractivity (Wildman–Crippen MR) is 101 cm³/mol. The quantitative estimate of drug-likeness (QED) is 0.503. The van der Waals surface area contributed by atoms with Gasteiger partial charge in [-0.05, 0) is 25.1 Å². The van der Waals surface area contributed by atoms with Gasteiger partial charge in [-0.3, -0.25) is 4.79 Å². The molecule has 3 aromatic heterocycles. The number of halogens is 3. The van der Waals surface area contributed by atoms with E-state index < -0.39 is 23.6 Å². The summed E-state index contributed by atoms with van der Waals surface area (Å²) in [5.74, 6) is -3.62. The molecule has 0 fully saturated rings. The molecule has 1 aromatic carbocycles. The minimum absolute atomic E-state index is 0.138. The third kappa shape index (κ3) is 3.87. The fourth-order valence-corrected chi connectivity index (χ4v) is 3.33. The number of benzene rings is 1. The average molecular weight is 415 g/mol. The Hall–Kier alpha value is -3.53. The molecule has 4 rings (SSSR count). The molecule has 0 saturated carbocycles. The molecule has 6 nitrogen and oxygen atoms in total. The fraction of sp³-hybridized carbons (Fsp3) is 0.0526. The van der Waals surface area contributed by atoms with Crippen molar-refractivity contribution < 1.29 is 18.0 Å². The number of aromatic nitrogens is 4. The lowest BCUT2D eigenvalue weighted by molar-refractivity contribution is 0.102. The maximum Gasteiger partial charge on any atom is 0.255 e. The smallest absolute Gasteiger partial charge is 0.255 e. The van der Waals surface area contributed by atoms with Crippen LogP contribution in [0, 0.1) is 24.6 Å². The molecular formula is C19H12F3N5OS. The Kier molecular flexibility index (Phi) is 4.85. The number of pyridine rings is 1. The second-order valence-electron chi connectivity index (χ2n) is 6.04. The van der Waals surface area contributed by atoms with Crippen molar-refractivity contribution in [2.45, 2.75) is 6.92 Å². The largest absolute Gasteiger partial charge is 0.322 e. The van der Waals surface area contributed by atoms with Crippen molar-refractivity contribution in [2.75, 3.05) is 5.32 Å². The van der Waals surface area contributed by atoms with Crippen LogP contribution in [0.1, 0.15) is 16.1 Å². The van der Waals surface area contributed by atoms with Gasteiger partial charge >= 0.3 is 0 Å². The van der Waals surface area contributed by atoms with E-state index in [2.05, 4.69) is 20.4 Å². The highest BCUT2D eigenvalue weighted by molar-refractivity contribution is 7.12. The van der Waals surface area contributed by atoms with E-state index in [1.165, 1.54) is 23.5 Å². The van der Waals surface area contributed by atoms with Crippen molar-refractivity contribution in [3.8, 4) is 16.3 Å². The number of hydrogen-bond acceptors (Lipinski definition) is 5. The average Bonchev–Trinajstić information content (AvgIpc) is 3.31. The van der Waals surface area contributed by atoms with Gasteiger partial charge in [0.1, 0.15) is 5.82 Å². The van der Waals surface area contributed by atoms with Gasteiger partial charge in [0.2, 0.25) is 17.0 Å². The van der Waals surface area contributed by atoms with Crippen LogP contribution < -0.4 is 5.32 Å². The molecule has 1 N–H and O–H groups in total. The zero-order valence-corrected chi connectivity index (χ0v) is 15.7. The van der Waals surface area contributed by atoms with Crippen LogP contribution in [0.3, 0.4) is 0 Å². The standard InChI is InChI=1S/C19H12F3N5OS/c1-10-14(9-27(26-10)19-23-4-5-29-19)13-3-2-12(8-15(13)20)24-18(28)11-6-16(21)25-17(22)7-11/h2-9H,1H3,(H,24,28). The summed E-state index contributed by atoms with van der Waals surface area (Å²) >= 11 is 1.40. The second-order valence-corrected chi connectivity index (χ2v) is 6.91. The summed E-state index contributed by atoms with van der Waals surface area (Å²) in [7, 11) is 0. The predicted octanol–water partition coefficient (Wildman–Crippen LogP) is 4.37. The first-order valence-electron chi connectivity index (χ1n) is 8.31. The van der Waals surface area contributed by atoms with E-state index in [0.717, 1.165) is 18.2 Å². The second kappa shape index (κ2) is 7.47. The molecule has 4 aromatic rings. The van der Waals surface area contributed by atoms with Crippen molar-refractivity contribution in [1.29, 1.82) is 0 Å². The number of carbonyl (C=O) groups is 1.